The minimum absolute atomic E-state index is 0.0765. The molecule has 1 aliphatic rings. The first kappa shape index (κ1) is 11.0. The number of hydrogen-bond donors (Lipinski definition) is 1. The van der Waals surface area contributed by atoms with Crippen LogP contribution in [0.2, 0.25) is 0 Å². The van der Waals surface area contributed by atoms with Crippen LogP contribution in [0.25, 0.3) is 0 Å². The Labute approximate surface area is 95.7 Å². The molecule has 1 amide bonds. The van der Waals surface area contributed by atoms with E-state index in [1.807, 2.05) is 13.0 Å². The Morgan fingerprint density at radius 3 is 2.75 bits per heavy atom. The Bertz CT molecular complexity index is 410. The fourth-order valence-electron chi connectivity index (χ4n) is 1.80. The van der Waals surface area contributed by atoms with Gasteiger partial charge in [0.05, 0.1) is 5.56 Å². The highest BCUT2D eigenvalue weighted by molar-refractivity contribution is 5.96. The van der Waals surface area contributed by atoms with Gasteiger partial charge in [0, 0.05) is 13.6 Å². The fourth-order valence-corrected chi connectivity index (χ4v) is 1.80. The summed E-state index contributed by atoms with van der Waals surface area (Å²) < 4.78 is 0. The summed E-state index contributed by atoms with van der Waals surface area (Å²) in [4.78, 5) is 13.7. The quantitative estimate of drug-likeness (QED) is 0.846. The summed E-state index contributed by atoms with van der Waals surface area (Å²) in [6, 6.07) is 5.16. The third kappa shape index (κ3) is 2.35. The standard InChI is InChI=1S/C13H17NO2/c1-9-3-6-11(12(15)7-9)13(16)14(2)8-10-4-5-10/h3,6-7,10,15H,4-5,8H2,1-2H3. The second kappa shape index (κ2) is 4.16. The van der Waals surface area contributed by atoms with Crippen LogP contribution in [-0.2, 0) is 0 Å². The summed E-state index contributed by atoms with van der Waals surface area (Å²) in [5.74, 6) is 0.651. The summed E-state index contributed by atoms with van der Waals surface area (Å²) in [5, 5.41) is 9.71. The molecule has 3 heteroatoms. The monoisotopic (exact) mass is 219 g/mol. The minimum Gasteiger partial charge on any atom is -0.507 e. The molecule has 16 heavy (non-hydrogen) atoms. The highest BCUT2D eigenvalue weighted by Gasteiger charge is 2.26. The zero-order valence-corrected chi connectivity index (χ0v) is 9.73. The Balaban J connectivity index is 2.12. The van der Waals surface area contributed by atoms with E-state index < -0.39 is 0 Å². The lowest BCUT2D eigenvalue weighted by Crippen LogP contribution is -2.28. The van der Waals surface area contributed by atoms with E-state index in [2.05, 4.69) is 0 Å². The first-order chi connectivity index (χ1) is 7.58. The van der Waals surface area contributed by atoms with Gasteiger partial charge in [-0.2, -0.15) is 0 Å². The Hall–Kier alpha value is -1.51. The van der Waals surface area contributed by atoms with Gasteiger partial charge in [0.2, 0.25) is 0 Å². The smallest absolute Gasteiger partial charge is 0.257 e. The zero-order valence-electron chi connectivity index (χ0n) is 9.73. The SMILES string of the molecule is Cc1ccc(C(=O)N(C)CC2CC2)c(O)c1. The van der Waals surface area contributed by atoms with Crippen molar-refractivity contribution in [1.82, 2.24) is 4.90 Å². The molecule has 0 aliphatic heterocycles. The second-order valence-electron chi connectivity index (χ2n) is 4.65. The maximum atomic E-state index is 12.0. The van der Waals surface area contributed by atoms with Crippen LogP contribution in [0.3, 0.4) is 0 Å². The van der Waals surface area contributed by atoms with E-state index in [1.165, 1.54) is 12.8 Å². The number of rotatable bonds is 3. The van der Waals surface area contributed by atoms with Crippen molar-refractivity contribution in [2.45, 2.75) is 19.8 Å². The number of amides is 1. The van der Waals surface area contributed by atoms with Gasteiger partial charge in [0.15, 0.2) is 0 Å². The molecule has 1 aliphatic carbocycles. The van der Waals surface area contributed by atoms with E-state index in [9.17, 15) is 9.90 Å². The lowest BCUT2D eigenvalue weighted by Gasteiger charge is -2.17. The van der Waals surface area contributed by atoms with Gasteiger partial charge in [-0.1, -0.05) is 6.07 Å². The number of aromatic hydroxyl groups is 1. The predicted octanol–water partition coefficient (Wildman–Crippen LogP) is 2.18. The van der Waals surface area contributed by atoms with Gasteiger partial charge in [0.25, 0.3) is 5.91 Å². The molecule has 0 radical (unpaired) electrons. The summed E-state index contributed by atoms with van der Waals surface area (Å²) in [6.45, 7) is 2.69. The van der Waals surface area contributed by atoms with Crippen LogP contribution < -0.4 is 0 Å². The molecule has 3 nitrogen and oxygen atoms in total. The summed E-state index contributed by atoms with van der Waals surface area (Å²) >= 11 is 0. The largest absolute Gasteiger partial charge is 0.507 e. The summed E-state index contributed by atoms with van der Waals surface area (Å²) in [6.07, 6.45) is 2.44. The van der Waals surface area contributed by atoms with E-state index >= 15 is 0 Å². The average Bonchev–Trinajstić information content (AvgIpc) is 3.00. The maximum absolute atomic E-state index is 12.0. The molecule has 2 rings (SSSR count). The van der Waals surface area contributed by atoms with Gasteiger partial charge < -0.3 is 10.0 Å². The molecule has 0 heterocycles. The van der Waals surface area contributed by atoms with Crippen molar-refractivity contribution in [3.63, 3.8) is 0 Å². The number of aryl methyl sites for hydroxylation is 1. The Morgan fingerprint density at radius 2 is 2.19 bits per heavy atom. The van der Waals surface area contributed by atoms with E-state index in [0.29, 0.717) is 11.5 Å². The Kier molecular flexibility index (Phi) is 2.86. The van der Waals surface area contributed by atoms with Gasteiger partial charge in [-0.25, -0.2) is 0 Å². The fraction of sp³-hybridized carbons (Fsp3) is 0.462. The highest BCUT2D eigenvalue weighted by atomic mass is 16.3. The van der Waals surface area contributed by atoms with E-state index in [0.717, 1.165) is 12.1 Å². The van der Waals surface area contributed by atoms with E-state index in [-0.39, 0.29) is 11.7 Å². The van der Waals surface area contributed by atoms with Gasteiger partial charge in [-0.15, -0.1) is 0 Å². The van der Waals surface area contributed by atoms with Crippen molar-refractivity contribution in [2.24, 2.45) is 5.92 Å². The van der Waals surface area contributed by atoms with Crippen molar-refractivity contribution < 1.29 is 9.90 Å². The molecule has 0 spiro atoms. The Morgan fingerprint density at radius 1 is 1.50 bits per heavy atom. The molecule has 86 valence electrons. The van der Waals surface area contributed by atoms with Crippen LogP contribution in [0.15, 0.2) is 18.2 Å². The molecule has 0 bridgehead atoms. The first-order valence-electron chi connectivity index (χ1n) is 5.63. The number of carbonyl (C=O) groups excluding carboxylic acids is 1. The molecule has 1 N–H and O–H groups in total. The van der Waals surface area contributed by atoms with Crippen LogP contribution in [0.1, 0.15) is 28.8 Å². The minimum atomic E-state index is -0.0931. The van der Waals surface area contributed by atoms with Crippen LogP contribution >= 0.6 is 0 Å². The second-order valence-corrected chi connectivity index (χ2v) is 4.65. The topological polar surface area (TPSA) is 40.5 Å². The third-order valence-electron chi connectivity index (χ3n) is 2.96. The number of benzene rings is 1. The molecule has 1 aromatic carbocycles. The number of nitrogens with zero attached hydrogens (tertiary/aromatic N) is 1. The van der Waals surface area contributed by atoms with Gasteiger partial charge in [-0.05, 0) is 43.4 Å². The number of hydrogen-bond acceptors (Lipinski definition) is 2. The summed E-state index contributed by atoms with van der Waals surface area (Å²) in [5.41, 5.74) is 1.35. The lowest BCUT2D eigenvalue weighted by atomic mass is 10.1. The molecule has 0 saturated heterocycles. The van der Waals surface area contributed by atoms with E-state index in [4.69, 9.17) is 0 Å². The molecular formula is C13H17NO2. The first-order valence-corrected chi connectivity index (χ1v) is 5.63. The molecule has 1 aromatic rings. The molecule has 0 atom stereocenters. The van der Waals surface area contributed by atoms with Gasteiger partial charge in [-0.3, -0.25) is 4.79 Å². The van der Waals surface area contributed by atoms with Crippen LogP contribution in [0.5, 0.6) is 5.75 Å². The van der Waals surface area contributed by atoms with Crippen molar-refractivity contribution in [3.05, 3.63) is 29.3 Å². The summed E-state index contributed by atoms with van der Waals surface area (Å²) in [7, 11) is 1.79. The van der Waals surface area contributed by atoms with Crippen molar-refractivity contribution in [1.29, 1.82) is 0 Å². The van der Waals surface area contributed by atoms with Gasteiger partial charge in [0.1, 0.15) is 5.75 Å². The normalized spacial score (nSPS) is 14.9. The van der Waals surface area contributed by atoms with Gasteiger partial charge >= 0.3 is 0 Å². The molecular weight excluding hydrogens is 202 g/mol. The van der Waals surface area contributed by atoms with Crippen molar-refractivity contribution in [2.75, 3.05) is 13.6 Å². The number of carbonyl (C=O) groups is 1. The molecule has 0 unspecified atom stereocenters. The zero-order chi connectivity index (χ0) is 11.7. The van der Waals surface area contributed by atoms with Crippen LogP contribution in [-0.4, -0.2) is 29.5 Å². The maximum Gasteiger partial charge on any atom is 0.257 e. The number of phenolic OH excluding ortho intramolecular Hbond substituents is 1. The van der Waals surface area contributed by atoms with Crippen molar-refractivity contribution in [3.8, 4) is 5.75 Å². The average molecular weight is 219 g/mol. The molecule has 0 aromatic heterocycles. The third-order valence-corrected chi connectivity index (χ3v) is 2.96. The predicted molar refractivity (Wildman–Crippen MR) is 62.5 cm³/mol. The molecule has 1 fully saturated rings. The molecule has 1 saturated carbocycles. The van der Waals surface area contributed by atoms with Crippen molar-refractivity contribution >= 4 is 5.91 Å². The lowest BCUT2D eigenvalue weighted by molar-refractivity contribution is 0.0785. The van der Waals surface area contributed by atoms with Crippen LogP contribution in [0, 0.1) is 12.8 Å². The highest BCUT2D eigenvalue weighted by Crippen LogP contribution is 2.30. The van der Waals surface area contributed by atoms with Crippen LogP contribution in [0.4, 0.5) is 0 Å². The number of phenols is 1. The van der Waals surface area contributed by atoms with E-state index in [1.54, 1.807) is 24.1 Å².